The molecule has 0 saturated carbocycles. The molecule has 0 atom stereocenters. The molecule has 0 aliphatic heterocycles. The van der Waals surface area contributed by atoms with Crippen molar-refractivity contribution in [2.75, 3.05) is 18.4 Å². The second-order valence-electron chi connectivity index (χ2n) is 6.62. The molecule has 1 amide bonds. The summed E-state index contributed by atoms with van der Waals surface area (Å²) in [6.45, 7) is 8.79. The van der Waals surface area contributed by atoms with Gasteiger partial charge in [0.1, 0.15) is 0 Å². The topological polar surface area (TPSA) is 65.2 Å². The van der Waals surface area contributed by atoms with Crippen LogP contribution in [0.25, 0.3) is 10.9 Å². The Balaban J connectivity index is 1.79. The molecule has 0 aliphatic carbocycles. The highest BCUT2D eigenvalue weighted by atomic mass is 16.2. The normalized spacial score (nSPS) is 11.1. The van der Waals surface area contributed by atoms with E-state index in [9.17, 15) is 9.59 Å². The average molecular weight is 363 g/mol. The molecular weight excluding hydrogens is 338 g/mol. The van der Waals surface area contributed by atoms with Crippen molar-refractivity contribution in [3.8, 4) is 0 Å². The molecule has 0 fully saturated rings. The second-order valence-corrected chi connectivity index (χ2v) is 6.62. The Bertz CT molecular complexity index is 971. The molecule has 5 heteroatoms. The first kappa shape index (κ1) is 18.9. The van der Waals surface area contributed by atoms with Gasteiger partial charge < -0.3 is 10.3 Å². The highest BCUT2D eigenvalue weighted by molar-refractivity contribution is 6.48. The van der Waals surface area contributed by atoms with Crippen LogP contribution in [-0.4, -0.2) is 34.7 Å². The van der Waals surface area contributed by atoms with E-state index < -0.39 is 11.7 Å². The van der Waals surface area contributed by atoms with Gasteiger partial charge in [-0.3, -0.25) is 14.5 Å². The zero-order valence-corrected chi connectivity index (χ0v) is 16.0. The van der Waals surface area contributed by atoms with Crippen LogP contribution in [0, 0.1) is 6.92 Å². The molecule has 0 bridgehead atoms. The van der Waals surface area contributed by atoms with Crippen LogP contribution in [0.5, 0.6) is 0 Å². The number of benzene rings is 2. The number of para-hydroxylation sites is 1. The SMILES string of the molecule is CCN(CC)Cc1cccc(NC(=O)C(=O)c2c(C)[nH]c3ccccc23)c1. The number of Topliss-reactive ketones (excluding diaryl/α,β-unsaturated/α-hetero) is 1. The summed E-state index contributed by atoms with van der Waals surface area (Å²) < 4.78 is 0. The third-order valence-corrected chi connectivity index (χ3v) is 4.81. The molecule has 0 aliphatic rings. The molecule has 3 rings (SSSR count). The number of carbonyl (C=O) groups excluding carboxylic acids is 2. The standard InChI is InChI=1S/C22H25N3O2/c1-4-25(5-2)14-16-9-8-10-17(13-16)24-22(27)21(26)20-15(3)23-19-12-7-6-11-18(19)20/h6-13,23H,4-5,14H2,1-3H3,(H,24,27). The van der Waals surface area contributed by atoms with Gasteiger partial charge in [-0.2, -0.15) is 0 Å². The Kier molecular flexibility index (Phi) is 5.72. The summed E-state index contributed by atoms with van der Waals surface area (Å²) in [5, 5.41) is 3.52. The number of hydrogen-bond acceptors (Lipinski definition) is 3. The number of anilines is 1. The summed E-state index contributed by atoms with van der Waals surface area (Å²) in [5.41, 5.74) is 3.73. The van der Waals surface area contributed by atoms with E-state index in [0.717, 1.165) is 36.1 Å². The predicted octanol–water partition coefficient (Wildman–Crippen LogP) is 4.14. The number of carbonyl (C=O) groups is 2. The lowest BCUT2D eigenvalue weighted by atomic mass is 10.1. The fourth-order valence-electron chi connectivity index (χ4n) is 3.32. The van der Waals surface area contributed by atoms with Gasteiger partial charge >= 0.3 is 0 Å². The Morgan fingerprint density at radius 2 is 1.78 bits per heavy atom. The number of aryl methyl sites for hydroxylation is 1. The quantitative estimate of drug-likeness (QED) is 0.490. The number of nitrogens with one attached hydrogen (secondary N) is 2. The molecule has 1 aromatic heterocycles. The molecule has 2 aromatic carbocycles. The van der Waals surface area contributed by atoms with Gasteiger partial charge in [0.2, 0.25) is 0 Å². The molecule has 140 valence electrons. The maximum absolute atomic E-state index is 12.8. The first-order valence-corrected chi connectivity index (χ1v) is 9.27. The molecule has 3 aromatic rings. The molecule has 0 unspecified atom stereocenters. The predicted molar refractivity (Wildman–Crippen MR) is 109 cm³/mol. The van der Waals surface area contributed by atoms with Crippen molar-refractivity contribution >= 4 is 28.3 Å². The van der Waals surface area contributed by atoms with Crippen molar-refractivity contribution in [2.45, 2.75) is 27.3 Å². The Labute approximate surface area is 159 Å². The summed E-state index contributed by atoms with van der Waals surface area (Å²) in [4.78, 5) is 30.8. The molecular formula is C22H25N3O2. The summed E-state index contributed by atoms with van der Waals surface area (Å²) >= 11 is 0. The van der Waals surface area contributed by atoms with Crippen molar-refractivity contribution in [1.29, 1.82) is 0 Å². The van der Waals surface area contributed by atoms with E-state index in [1.54, 1.807) is 6.07 Å². The number of aromatic amines is 1. The van der Waals surface area contributed by atoms with Crippen LogP contribution in [0.15, 0.2) is 48.5 Å². The van der Waals surface area contributed by atoms with E-state index >= 15 is 0 Å². The number of amides is 1. The Morgan fingerprint density at radius 1 is 1.04 bits per heavy atom. The van der Waals surface area contributed by atoms with Gasteiger partial charge in [0.05, 0.1) is 5.56 Å². The number of H-pyrrole nitrogens is 1. The van der Waals surface area contributed by atoms with Gasteiger partial charge in [-0.15, -0.1) is 0 Å². The minimum Gasteiger partial charge on any atom is -0.358 e. The van der Waals surface area contributed by atoms with Crippen molar-refractivity contribution < 1.29 is 9.59 Å². The van der Waals surface area contributed by atoms with E-state index in [1.807, 2.05) is 49.4 Å². The largest absolute Gasteiger partial charge is 0.358 e. The number of rotatable bonds is 7. The van der Waals surface area contributed by atoms with Crippen LogP contribution in [-0.2, 0) is 11.3 Å². The molecule has 1 heterocycles. The van der Waals surface area contributed by atoms with Gasteiger partial charge in [0, 0.05) is 28.8 Å². The zero-order chi connectivity index (χ0) is 19.4. The van der Waals surface area contributed by atoms with E-state index in [1.165, 1.54) is 0 Å². The summed E-state index contributed by atoms with van der Waals surface area (Å²) in [5.74, 6) is -1.15. The van der Waals surface area contributed by atoms with Crippen LogP contribution in [0.2, 0.25) is 0 Å². The van der Waals surface area contributed by atoms with Crippen LogP contribution >= 0.6 is 0 Å². The van der Waals surface area contributed by atoms with E-state index in [-0.39, 0.29) is 0 Å². The van der Waals surface area contributed by atoms with Gasteiger partial charge in [-0.25, -0.2) is 0 Å². The van der Waals surface area contributed by atoms with Crippen molar-refractivity contribution in [1.82, 2.24) is 9.88 Å². The van der Waals surface area contributed by atoms with Gasteiger partial charge in [-0.1, -0.05) is 44.2 Å². The maximum atomic E-state index is 12.8. The number of ketones is 1. The van der Waals surface area contributed by atoms with Gasteiger partial charge in [0.15, 0.2) is 0 Å². The van der Waals surface area contributed by atoms with Crippen molar-refractivity contribution in [2.24, 2.45) is 0 Å². The molecule has 2 N–H and O–H groups in total. The van der Waals surface area contributed by atoms with Crippen LogP contribution < -0.4 is 5.32 Å². The monoisotopic (exact) mass is 363 g/mol. The third-order valence-electron chi connectivity index (χ3n) is 4.81. The van der Waals surface area contributed by atoms with Crippen LogP contribution in [0.1, 0.15) is 35.5 Å². The summed E-state index contributed by atoms with van der Waals surface area (Å²) in [7, 11) is 0. The van der Waals surface area contributed by atoms with E-state index in [0.29, 0.717) is 16.9 Å². The summed E-state index contributed by atoms with van der Waals surface area (Å²) in [6, 6.07) is 15.2. The number of hydrogen-bond donors (Lipinski definition) is 2. The van der Waals surface area contributed by atoms with Gasteiger partial charge in [0.25, 0.3) is 11.7 Å². The minimum absolute atomic E-state index is 0.433. The number of fused-ring (bicyclic) bond motifs is 1. The van der Waals surface area contributed by atoms with Crippen molar-refractivity contribution in [3.05, 3.63) is 65.4 Å². The molecule has 0 saturated heterocycles. The zero-order valence-electron chi connectivity index (χ0n) is 16.0. The minimum atomic E-state index is -0.622. The second kappa shape index (κ2) is 8.18. The molecule has 0 radical (unpaired) electrons. The fourth-order valence-corrected chi connectivity index (χ4v) is 3.32. The summed E-state index contributed by atoms with van der Waals surface area (Å²) in [6.07, 6.45) is 0. The highest BCUT2D eigenvalue weighted by Crippen LogP contribution is 2.23. The number of nitrogens with zero attached hydrogens (tertiary/aromatic N) is 1. The lowest BCUT2D eigenvalue weighted by molar-refractivity contribution is -0.112. The van der Waals surface area contributed by atoms with Crippen LogP contribution in [0.4, 0.5) is 5.69 Å². The van der Waals surface area contributed by atoms with Crippen molar-refractivity contribution in [3.63, 3.8) is 0 Å². The third kappa shape index (κ3) is 4.09. The van der Waals surface area contributed by atoms with Gasteiger partial charge in [-0.05, 0) is 43.8 Å². The first-order valence-electron chi connectivity index (χ1n) is 9.27. The molecule has 27 heavy (non-hydrogen) atoms. The van der Waals surface area contributed by atoms with E-state index in [2.05, 4.69) is 29.0 Å². The molecule has 5 nitrogen and oxygen atoms in total. The molecule has 0 spiro atoms. The Morgan fingerprint density at radius 3 is 2.52 bits per heavy atom. The lowest BCUT2D eigenvalue weighted by Gasteiger charge is -2.18. The Hall–Kier alpha value is -2.92. The van der Waals surface area contributed by atoms with Crippen LogP contribution in [0.3, 0.4) is 0 Å². The average Bonchev–Trinajstić information content (AvgIpc) is 3.01. The highest BCUT2D eigenvalue weighted by Gasteiger charge is 2.22. The lowest BCUT2D eigenvalue weighted by Crippen LogP contribution is -2.24. The number of aromatic nitrogens is 1. The smallest absolute Gasteiger partial charge is 0.296 e. The maximum Gasteiger partial charge on any atom is 0.296 e. The van der Waals surface area contributed by atoms with E-state index in [4.69, 9.17) is 0 Å². The fraction of sp³-hybridized carbons (Fsp3) is 0.273. The first-order chi connectivity index (χ1) is 13.0.